The molecule has 1 fully saturated rings. The number of ether oxygens (including phenoxy) is 1. The summed E-state index contributed by atoms with van der Waals surface area (Å²) in [6.45, 7) is 12.1. The Labute approximate surface area is 162 Å². The van der Waals surface area contributed by atoms with Crippen molar-refractivity contribution < 1.29 is 9.53 Å². The van der Waals surface area contributed by atoms with Crippen LogP contribution in [0, 0.1) is 0 Å². The zero-order chi connectivity index (χ0) is 18.6. The van der Waals surface area contributed by atoms with E-state index < -0.39 is 0 Å². The van der Waals surface area contributed by atoms with Crippen LogP contribution in [-0.2, 0) is 4.79 Å². The number of carbonyl (C=O) groups is 1. The maximum absolute atomic E-state index is 12.7. The molecular weight excluding hydrogens is 400 g/mol. The van der Waals surface area contributed by atoms with Gasteiger partial charge in [-0.1, -0.05) is 18.7 Å². The van der Waals surface area contributed by atoms with Crippen molar-refractivity contribution in [2.45, 2.75) is 39.8 Å². The third kappa shape index (κ3) is 4.98. The van der Waals surface area contributed by atoms with Crippen LogP contribution in [0.5, 0.6) is 5.75 Å². The highest BCUT2D eigenvalue weighted by Gasteiger charge is 2.35. The third-order valence-electron chi connectivity index (χ3n) is 3.33. The quantitative estimate of drug-likeness (QED) is 0.472. The molecule has 0 aromatic heterocycles. The van der Waals surface area contributed by atoms with E-state index >= 15 is 0 Å². The van der Waals surface area contributed by atoms with Crippen LogP contribution in [0.15, 0.2) is 45.2 Å². The number of carbonyl (C=O) groups excluding carboxylic acids is 1. The van der Waals surface area contributed by atoms with Crippen molar-refractivity contribution in [1.82, 2.24) is 4.90 Å². The summed E-state index contributed by atoms with van der Waals surface area (Å²) >= 11 is 4.94. The van der Waals surface area contributed by atoms with Crippen LogP contribution in [0.4, 0.5) is 0 Å². The van der Waals surface area contributed by atoms with E-state index in [0.717, 1.165) is 21.0 Å². The molecule has 25 heavy (non-hydrogen) atoms. The average Bonchev–Trinajstić information content (AvgIpc) is 2.81. The molecule has 0 saturated carbocycles. The highest BCUT2D eigenvalue weighted by molar-refractivity contribution is 9.10. The molecule has 6 heteroatoms. The van der Waals surface area contributed by atoms with Gasteiger partial charge < -0.3 is 4.74 Å². The second-order valence-corrected chi connectivity index (χ2v) is 8.04. The Hall–Kier alpha value is -1.53. The van der Waals surface area contributed by atoms with E-state index in [1.165, 1.54) is 11.8 Å². The van der Waals surface area contributed by atoms with Crippen LogP contribution in [0.2, 0.25) is 0 Å². The Morgan fingerprint density at radius 3 is 2.64 bits per heavy atom. The number of amidine groups is 1. The first-order chi connectivity index (χ1) is 11.8. The molecular formula is C19H23BrN2O2S. The number of benzene rings is 1. The van der Waals surface area contributed by atoms with Gasteiger partial charge >= 0.3 is 0 Å². The lowest BCUT2D eigenvalue weighted by molar-refractivity contribution is -0.123. The summed E-state index contributed by atoms with van der Waals surface area (Å²) in [5.74, 6) is 0.751. The fraction of sp³-hybridized carbons (Fsp3) is 0.368. The standard InChI is InChI=1S/C19H23BrN2O2S/c1-6-9-24-16-8-7-14(10-15(16)20)11-17-18(23)22(13(4)5)19(25-17)21-12(2)3/h6-8,10-13H,1,9H2,2-5H3/b17-11+,21-19?. The predicted molar refractivity (Wildman–Crippen MR) is 110 cm³/mol. The van der Waals surface area contributed by atoms with E-state index in [-0.39, 0.29) is 18.0 Å². The minimum atomic E-state index is 0.00232. The molecule has 0 N–H and O–H groups in total. The Balaban J connectivity index is 2.30. The molecule has 1 amide bonds. The largest absolute Gasteiger partial charge is 0.488 e. The van der Waals surface area contributed by atoms with Crippen molar-refractivity contribution in [3.63, 3.8) is 0 Å². The van der Waals surface area contributed by atoms with Crippen LogP contribution in [0.25, 0.3) is 6.08 Å². The summed E-state index contributed by atoms with van der Waals surface area (Å²) in [6, 6.07) is 5.97. The smallest absolute Gasteiger partial charge is 0.266 e. The van der Waals surface area contributed by atoms with Crippen LogP contribution < -0.4 is 4.74 Å². The maximum atomic E-state index is 12.7. The third-order valence-corrected chi connectivity index (χ3v) is 4.95. The second-order valence-electron chi connectivity index (χ2n) is 6.17. The van der Waals surface area contributed by atoms with E-state index in [2.05, 4.69) is 27.5 Å². The van der Waals surface area contributed by atoms with E-state index in [0.29, 0.717) is 11.5 Å². The number of aliphatic imine (C=N–C) groups is 1. The SMILES string of the molecule is C=CCOc1ccc(/C=C2/SC(=NC(C)C)N(C(C)C)C2=O)cc1Br. The van der Waals surface area contributed by atoms with Crippen LogP contribution >= 0.6 is 27.7 Å². The molecule has 4 nitrogen and oxygen atoms in total. The van der Waals surface area contributed by atoms with Gasteiger partial charge in [0.15, 0.2) is 5.17 Å². The van der Waals surface area contributed by atoms with Gasteiger partial charge in [-0.25, -0.2) is 0 Å². The van der Waals surface area contributed by atoms with Crippen molar-refractivity contribution in [3.8, 4) is 5.75 Å². The normalized spacial score (nSPS) is 18.0. The van der Waals surface area contributed by atoms with E-state index in [1.807, 2.05) is 52.0 Å². The number of hydrogen-bond donors (Lipinski definition) is 0. The van der Waals surface area contributed by atoms with Gasteiger partial charge in [0.05, 0.1) is 9.38 Å². The molecule has 1 aliphatic heterocycles. The second kappa shape index (κ2) is 8.72. The Morgan fingerprint density at radius 2 is 2.08 bits per heavy atom. The molecule has 1 aromatic rings. The number of rotatable bonds is 6. The van der Waals surface area contributed by atoms with Crippen molar-refractivity contribution in [3.05, 3.63) is 45.8 Å². The summed E-state index contributed by atoms with van der Waals surface area (Å²) in [5.41, 5.74) is 0.934. The van der Waals surface area contributed by atoms with E-state index in [1.54, 1.807) is 11.0 Å². The highest BCUT2D eigenvalue weighted by atomic mass is 79.9. The molecule has 0 aliphatic carbocycles. The number of halogens is 1. The first kappa shape index (κ1) is 19.8. The summed E-state index contributed by atoms with van der Waals surface area (Å²) in [7, 11) is 0. The molecule has 0 spiro atoms. The fourth-order valence-corrected chi connectivity index (χ4v) is 4.02. The average molecular weight is 423 g/mol. The van der Waals surface area contributed by atoms with Crippen molar-refractivity contribution in [1.29, 1.82) is 0 Å². The zero-order valence-electron chi connectivity index (χ0n) is 15.0. The van der Waals surface area contributed by atoms with Crippen LogP contribution in [0.1, 0.15) is 33.3 Å². The summed E-state index contributed by atoms with van der Waals surface area (Å²) in [5, 5.41) is 0.770. The van der Waals surface area contributed by atoms with Gasteiger partial charge in [0.25, 0.3) is 5.91 Å². The molecule has 2 rings (SSSR count). The molecule has 0 bridgehead atoms. The van der Waals surface area contributed by atoms with Crippen LogP contribution in [-0.4, -0.2) is 34.7 Å². The Bertz CT molecular complexity index is 726. The van der Waals surface area contributed by atoms with Crippen molar-refractivity contribution >= 4 is 44.8 Å². The lowest BCUT2D eigenvalue weighted by atomic mass is 10.2. The zero-order valence-corrected chi connectivity index (χ0v) is 17.4. The summed E-state index contributed by atoms with van der Waals surface area (Å²) < 4.78 is 6.40. The Morgan fingerprint density at radius 1 is 1.36 bits per heavy atom. The van der Waals surface area contributed by atoms with Gasteiger partial charge in [-0.05, 0) is 79.2 Å². The van der Waals surface area contributed by atoms with Gasteiger partial charge in [0, 0.05) is 12.1 Å². The van der Waals surface area contributed by atoms with Crippen LogP contribution in [0.3, 0.4) is 0 Å². The number of nitrogens with zero attached hydrogens (tertiary/aromatic N) is 2. The molecule has 0 radical (unpaired) electrons. The minimum Gasteiger partial charge on any atom is -0.488 e. The first-order valence-corrected chi connectivity index (χ1v) is 9.78. The number of thioether (sulfide) groups is 1. The topological polar surface area (TPSA) is 41.9 Å². The van der Waals surface area contributed by atoms with Gasteiger partial charge in [0.1, 0.15) is 12.4 Å². The van der Waals surface area contributed by atoms with Gasteiger partial charge in [0.2, 0.25) is 0 Å². The molecule has 1 heterocycles. The maximum Gasteiger partial charge on any atom is 0.266 e. The van der Waals surface area contributed by atoms with Gasteiger partial charge in [-0.3, -0.25) is 14.7 Å². The molecule has 0 unspecified atom stereocenters. The molecule has 1 saturated heterocycles. The fourth-order valence-electron chi connectivity index (χ4n) is 2.28. The van der Waals surface area contributed by atoms with E-state index in [9.17, 15) is 4.79 Å². The monoisotopic (exact) mass is 422 g/mol. The van der Waals surface area contributed by atoms with Gasteiger partial charge in [-0.15, -0.1) is 0 Å². The van der Waals surface area contributed by atoms with Crippen molar-refractivity contribution in [2.75, 3.05) is 6.61 Å². The van der Waals surface area contributed by atoms with Gasteiger partial charge in [-0.2, -0.15) is 0 Å². The molecule has 1 aliphatic rings. The predicted octanol–water partition coefficient (Wildman–Crippen LogP) is 5.10. The van der Waals surface area contributed by atoms with E-state index in [4.69, 9.17) is 4.74 Å². The minimum absolute atomic E-state index is 0.00232. The summed E-state index contributed by atoms with van der Waals surface area (Å²) in [4.78, 5) is 19.8. The number of hydrogen-bond acceptors (Lipinski definition) is 4. The van der Waals surface area contributed by atoms with Crippen molar-refractivity contribution in [2.24, 2.45) is 4.99 Å². The lowest BCUT2D eigenvalue weighted by Gasteiger charge is -2.20. The first-order valence-electron chi connectivity index (χ1n) is 8.17. The molecule has 134 valence electrons. The number of amides is 1. The molecule has 0 atom stereocenters. The summed E-state index contributed by atoms with van der Waals surface area (Å²) in [6.07, 6.45) is 3.60. The highest BCUT2D eigenvalue weighted by Crippen LogP contribution is 2.35. The Kier molecular flexibility index (Phi) is 6.90. The molecule has 1 aromatic carbocycles. The lowest BCUT2D eigenvalue weighted by Crippen LogP contribution is -2.35.